The molecule has 2 aromatic carbocycles. The largest absolute Gasteiger partial charge is 0.260 e. The third kappa shape index (κ3) is 4.13. The van der Waals surface area contributed by atoms with E-state index in [1.54, 1.807) is 29.1 Å². The molecular weight excluding hydrogens is 414 g/mol. The van der Waals surface area contributed by atoms with Crippen LogP contribution in [0.15, 0.2) is 71.8 Å². The van der Waals surface area contributed by atoms with Crippen LogP contribution < -0.4 is 0 Å². The van der Waals surface area contributed by atoms with Crippen LogP contribution in [0.25, 0.3) is 21.0 Å². The Bertz CT molecular complexity index is 1290. The zero-order valence-corrected chi connectivity index (χ0v) is 17.0. The van der Waals surface area contributed by atoms with Gasteiger partial charge in [-0.3, -0.25) is 4.68 Å². The molecule has 0 amide bonds. The summed E-state index contributed by atoms with van der Waals surface area (Å²) in [5.41, 5.74) is 1.94. The van der Waals surface area contributed by atoms with Gasteiger partial charge >= 0.3 is 0 Å². The average molecular weight is 431 g/mol. The summed E-state index contributed by atoms with van der Waals surface area (Å²) in [4.78, 5) is 2.08. The molecule has 2 heterocycles. The molecule has 0 N–H and O–H groups in total. The summed E-state index contributed by atoms with van der Waals surface area (Å²) in [6, 6.07) is 15.9. The maximum absolute atomic E-state index is 14.0. The van der Waals surface area contributed by atoms with Gasteiger partial charge in [0, 0.05) is 29.0 Å². The summed E-state index contributed by atoms with van der Waals surface area (Å²) >= 11 is 1.49. The van der Waals surface area contributed by atoms with Crippen LogP contribution in [0.5, 0.6) is 0 Å². The highest BCUT2D eigenvalue weighted by Gasteiger charge is 2.14. The Morgan fingerprint density at radius 1 is 1.00 bits per heavy atom. The van der Waals surface area contributed by atoms with E-state index in [1.165, 1.54) is 29.7 Å². The molecule has 0 spiro atoms. The van der Waals surface area contributed by atoms with Crippen molar-refractivity contribution in [3.63, 3.8) is 0 Å². The molecule has 0 bridgehead atoms. The third-order valence-corrected chi connectivity index (χ3v) is 6.72. The topological polar surface area (TPSA) is 52.0 Å². The van der Waals surface area contributed by atoms with Crippen molar-refractivity contribution in [3.05, 3.63) is 84.1 Å². The fourth-order valence-corrected chi connectivity index (χ4v) is 4.69. The fourth-order valence-electron chi connectivity index (χ4n) is 2.99. The lowest BCUT2D eigenvalue weighted by Crippen LogP contribution is -2.05. The molecule has 0 aliphatic carbocycles. The van der Waals surface area contributed by atoms with Gasteiger partial charge in [0.1, 0.15) is 11.6 Å². The normalized spacial score (nSPS) is 11.7. The molecule has 0 aliphatic heterocycles. The van der Waals surface area contributed by atoms with Gasteiger partial charge in [-0.1, -0.05) is 18.2 Å². The van der Waals surface area contributed by atoms with E-state index >= 15 is 0 Å². The number of sulfone groups is 1. The molecule has 148 valence electrons. The molecule has 0 saturated heterocycles. The molecule has 29 heavy (non-hydrogen) atoms. The van der Waals surface area contributed by atoms with E-state index in [2.05, 4.69) is 5.10 Å². The molecule has 0 radical (unpaired) electrons. The second kappa shape index (κ2) is 7.53. The van der Waals surface area contributed by atoms with Crippen molar-refractivity contribution < 1.29 is 17.2 Å². The maximum Gasteiger partial charge on any atom is 0.175 e. The van der Waals surface area contributed by atoms with Gasteiger partial charge in [-0.25, -0.2) is 17.2 Å². The molecule has 4 aromatic rings. The second-order valence-corrected chi connectivity index (χ2v) is 9.67. The molecule has 0 aliphatic rings. The van der Waals surface area contributed by atoms with E-state index in [9.17, 15) is 17.2 Å². The molecule has 0 atom stereocenters. The number of hydrogen-bond donors (Lipinski definition) is 0. The van der Waals surface area contributed by atoms with Gasteiger partial charge in [0.15, 0.2) is 9.84 Å². The number of aromatic nitrogens is 2. The Labute approximate surface area is 171 Å². The summed E-state index contributed by atoms with van der Waals surface area (Å²) < 4.78 is 52.4. The number of hydrogen-bond acceptors (Lipinski definition) is 4. The number of benzene rings is 2. The van der Waals surface area contributed by atoms with E-state index in [0.29, 0.717) is 5.56 Å². The van der Waals surface area contributed by atoms with Crippen molar-refractivity contribution in [1.82, 2.24) is 9.78 Å². The van der Waals surface area contributed by atoms with E-state index in [0.717, 1.165) is 27.1 Å². The number of thiophene rings is 1. The first-order valence-corrected chi connectivity index (χ1v) is 11.4. The van der Waals surface area contributed by atoms with E-state index in [1.807, 2.05) is 24.3 Å². The summed E-state index contributed by atoms with van der Waals surface area (Å²) in [5.74, 6) is -1.23. The molecule has 4 nitrogen and oxygen atoms in total. The number of nitrogens with zero attached hydrogens (tertiary/aromatic N) is 2. The van der Waals surface area contributed by atoms with Crippen LogP contribution in [0.1, 0.15) is 5.56 Å². The molecule has 2 aromatic heterocycles. The van der Waals surface area contributed by atoms with Gasteiger partial charge < -0.3 is 0 Å². The van der Waals surface area contributed by atoms with Gasteiger partial charge in [0.2, 0.25) is 0 Å². The first-order chi connectivity index (χ1) is 13.8. The van der Waals surface area contributed by atoms with Crippen molar-refractivity contribution in [2.45, 2.75) is 11.4 Å². The van der Waals surface area contributed by atoms with Crippen molar-refractivity contribution in [2.75, 3.05) is 6.26 Å². The van der Waals surface area contributed by atoms with Crippen LogP contribution in [-0.2, 0) is 16.4 Å². The Kier molecular flexibility index (Phi) is 5.06. The predicted molar refractivity (Wildman–Crippen MR) is 110 cm³/mol. The van der Waals surface area contributed by atoms with Crippen LogP contribution in [0.3, 0.4) is 0 Å². The summed E-state index contributed by atoms with van der Waals surface area (Å²) in [6.07, 6.45) is 2.81. The highest BCUT2D eigenvalue weighted by molar-refractivity contribution is 7.90. The van der Waals surface area contributed by atoms with Crippen molar-refractivity contribution in [2.24, 2.45) is 0 Å². The van der Waals surface area contributed by atoms with Crippen molar-refractivity contribution >= 4 is 21.2 Å². The molecule has 0 fully saturated rings. The van der Waals surface area contributed by atoms with Crippen LogP contribution >= 0.6 is 11.3 Å². The smallest absolute Gasteiger partial charge is 0.175 e. The lowest BCUT2D eigenvalue weighted by Gasteiger charge is -2.07. The number of halogens is 2. The standard InChI is InChI=1S/C21H16F2N2O2S2/c1-29(26,27)17-4-2-3-14(11-17)20-7-8-21(28-20)19-9-10-24-25(19)13-15-5-6-16(22)12-18(15)23/h2-12H,13H2,1H3. The predicted octanol–water partition coefficient (Wildman–Crippen LogP) is 5.01. The van der Waals surface area contributed by atoms with E-state index in [-0.39, 0.29) is 11.4 Å². The SMILES string of the molecule is CS(=O)(=O)c1cccc(-c2ccc(-c3ccnn3Cc3ccc(F)cc3F)s2)c1. The van der Waals surface area contributed by atoms with Gasteiger partial charge in [0.25, 0.3) is 0 Å². The summed E-state index contributed by atoms with van der Waals surface area (Å²) in [7, 11) is -3.29. The minimum absolute atomic E-state index is 0.172. The van der Waals surface area contributed by atoms with Crippen molar-refractivity contribution in [1.29, 1.82) is 0 Å². The molecule has 0 saturated carbocycles. The highest BCUT2D eigenvalue weighted by Crippen LogP contribution is 2.35. The van der Waals surface area contributed by atoms with Gasteiger partial charge in [-0.2, -0.15) is 5.10 Å². The molecular formula is C21H16F2N2O2S2. The highest BCUT2D eigenvalue weighted by atomic mass is 32.2. The Balaban J connectivity index is 1.66. The summed E-state index contributed by atoms with van der Waals surface area (Å²) in [5, 5.41) is 4.26. The van der Waals surface area contributed by atoms with E-state index in [4.69, 9.17) is 0 Å². The molecule has 0 unspecified atom stereocenters. The Morgan fingerprint density at radius 3 is 2.55 bits per heavy atom. The lowest BCUT2D eigenvalue weighted by molar-refractivity contribution is 0.559. The first kappa shape index (κ1) is 19.5. The fraction of sp³-hybridized carbons (Fsp3) is 0.0952. The lowest BCUT2D eigenvalue weighted by atomic mass is 10.2. The maximum atomic E-state index is 14.0. The Morgan fingerprint density at radius 2 is 1.79 bits per heavy atom. The zero-order chi connectivity index (χ0) is 20.6. The number of rotatable bonds is 5. The van der Waals surface area contributed by atoms with Crippen LogP contribution in [0, 0.1) is 11.6 Å². The Hall–Kier alpha value is -2.84. The quantitative estimate of drug-likeness (QED) is 0.447. The van der Waals surface area contributed by atoms with Crippen molar-refractivity contribution in [3.8, 4) is 21.0 Å². The molecule has 8 heteroatoms. The average Bonchev–Trinajstić information content (AvgIpc) is 3.32. The van der Waals surface area contributed by atoms with Gasteiger partial charge in [0.05, 0.1) is 22.0 Å². The minimum Gasteiger partial charge on any atom is -0.260 e. The van der Waals surface area contributed by atoms with Crippen LogP contribution in [-0.4, -0.2) is 24.5 Å². The first-order valence-electron chi connectivity index (χ1n) is 8.68. The van der Waals surface area contributed by atoms with Crippen LogP contribution in [0.4, 0.5) is 8.78 Å². The van der Waals surface area contributed by atoms with Crippen LogP contribution in [0.2, 0.25) is 0 Å². The van der Waals surface area contributed by atoms with E-state index < -0.39 is 21.5 Å². The zero-order valence-electron chi connectivity index (χ0n) is 15.3. The monoisotopic (exact) mass is 430 g/mol. The third-order valence-electron chi connectivity index (χ3n) is 4.46. The second-order valence-electron chi connectivity index (χ2n) is 6.57. The minimum atomic E-state index is -3.29. The van der Waals surface area contributed by atoms with Gasteiger partial charge in [-0.05, 0) is 42.0 Å². The van der Waals surface area contributed by atoms with Gasteiger partial charge in [-0.15, -0.1) is 11.3 Å². The summed E-state index contributed by atoms with van der Waals surface area (Å²) in [6.45, 7) is 0.172. The molecule has 4 rings (SSSR count).